The molecule has 2 atom stereocenters. The summed E-state index contributed by atoms with van der Waals surface area (Å²) >= 11 is 7.94. The van der Waals surface area contributed by atoms with Crippen LogP contribution in [0.1, 0.15) is 66.8 Å². The van der Waals surface area contributed by atoms with Gasteiger partial charge in [0.1, 0.15) is 0 Å². The van der Waals surface area contributed by atoms with Crippen LogP contribution in [-0.4, -0.2) is 40.8 Å². The van der Waals surface area contributed by atoms with Crippen molar-refractivity contribution in [1.82, 2.24) is 9.88 Å². The van der Waals surface area contributed by atoms with Crippen molar-refractivity contribution in [3.8, 4) is 0 Å². The summed E-state index contributed by atoms with van der Waals surface area (Å²) in [7, 11) is 4.24. The van der Waals surface area contributed by atoms with Gasteiger partial charge in [-0.3, -0.25) is 4.79 Å². The molecule has 2 unspecified atom stereocenters. The van der Waals surface area contributed by atoms with E-state index in [1.165, 1.54) is 16.7 Å². The molecule has 42 heavy (non-hydrogen) atoms. The second kappa shape index (κ2) is 14.4. The Hall–Kier alpha value is -3.12. The molecule has 220 valence electrons. The molecule has 0 aliphatic carbocycles. The molecule has 0 aliphatic heterocycles. The van der Waals surface area contributed by atoms with Gasteiger partial charge in [-0.1, -0.05) is 85.3 Å². The summed E-state index contributed by atoms with van der Waals surface area (Å²) in [6.45, 7) is 6.46. The van der Waals surface area contributed by atoms with Crippen LogP contribution in [0.2, 0.25) is 5.02 Å². The molecule has 0 saturated heterocycles. The third-order valence-corrected chi connectivity index (χ3v) is 9.96. The van der Waals surface area contributed by atoms with E-state index < -0.39 is 5.97 Å². The van der Waals surface area contributed by atoms with E-state index in [1.54, 1.807) is 11.8 Å². The highest BCUT2D eigenvalue weighted by molar-refractivity contribution is 7.99. The molecular formula is C36H41ClN2O2S. The number of fused-ring (bicyclic) bond motifs is 1. The minimum absolute atomic E-state index is 0.0946. The van der Waals surface area contributed by atoms with E-state index >= 15 is 0 Å². The lowest BCUT2D eigenvalue weighted by Gasteiger charge is -2.35. The molecule has 3 aromatic carbocycles. The first kappa shape index (κ1) is 31.8. The van der Waals surface area contributed by atoms with Crippen LogP contribution in [0.5, 0.6) is 0 Å². The third-order valence-electron chi connectivity index (χ3n) is 8.22. The summed E-state index contributed by atoms with van der Waals surface area (Å²) in [5.41, 5.74) is 6.62. The first-order chi connectivity index (χ1) is 20.1. The van der Waals surface area contributed by atoms with Gasteiger partial charge in [-0.25, -0.2) is 4.98 Å². The number of pyridine rings is 1. The summed E-state index contributed by atoms with van der Waals surface area (Å²) in [6, 6.07) is 27.1. The number of halogens is 1. The van der Waals surface area contributed by atoms with E-state index in [9.17, 15) is 9.90 Å². The van der Waals surface area contributed by atoms with E-state index in [0.29, 0.717) is 17.2 Å². The average Bonchev–Trinajstić information content (AvgIpc) is 2.97. The van der Waals surface area contributed by atoms with Crippen LogP contribution in [0.15, 0.2) is 78.9 Å². The fourth-order valence-electron chi connectivity index (χ4n) is 5.05. The highest BCUT2D eigenvalue weighted by Crippen LogP contribution is 2.37. The van der Waals surface area contributed by atoms with Gasteiger partial charge in [-0.15, -0.1) is 0 Å². The van der Waals surface area contributed by atoms with Crippen LogP contribution in [0.25, 0.3) is 23.1 Å². The maximum absolute atomic E-state index is 11.8. The first-order valence-corrected chi connectivity index (χ1v) is 16.0. The Labute approximate surface area is 259 Å². The van der Waals surface area contributed by atoms with Crippen molar-refractivity contribution in [2.75, 3.05) is 19.8 Å². The number of carboxylic acids is 1. The lowest BCUT2D eigenvalue weighted by molar-refractivity contribution is -0.140. The number of hydrogen-bond donors (Lipinski definition) is 1. The fraction of sp³-hybridized carbons (Fsp3) is 0.333. The third kappa shape index (κ3) is 8.03. The lowest BCUT2D eigenvalue weighted by Crippen LogP contribution is -2.36. The standard InChI is InChI=1S/C36H41ClN2O2S/c1-6-26(35(40)41)24-42-34(21-17-27-11-7-8-13-32(27)36(2,3)39(4)5)29-12-9-10-25(22-29)14-19-31-20-16-28-15-18-30(37)23-33(28)38-31/h7-16,18-20,22-23,26,34H,6,17,21,24H2,1-5H3,(H,40,41)/b19-14+. The van der Waals surface area contributed by atoms with Crippen LogP contribution in [-0.2, 0) is 16.8 Å². The summed E-state index contributed by atoms with van der Waals surface area (Å²) in [4.78, 5) is 18.8. The van der Waals surface area contributed by atoms with Crippen LogP contribution < -0.4 is 0 Å². The Bertz CT molecular complexity index is 1550. The summed E-state index contributed by atoms with van der Waals surface area (Å²) < 4.78 is 0. The second-order valence-electron chi connectivity index (χ2n) is 11.5. The molecule has 1 aromatic heterocycles. The summed E-state index contributed by atoms with van der Waals surface area (Å²) in [5, 5.41) is 11.6. The van der Waals surface area contributed by atoms with E-state index in [0.717, 1.165) is 35.0 Å². The number of benzene rings is 3. The zero-order chi connectivity index (χ0) is 30.3. The van der Waals surface area contributed by atoms with Crippen molar-refractivity contribution in [1.29, 1.82) is 0 Å². The summed E-state index contributed by atoms with van der Waals surface area (Å²) in [6.07, 6.45) is 6.57. The fourth-order valence-corrected chi connectivity index (χ4v) is 6.68. The van der Waals surface area contributed by atoms with Gasteiger partial charge in [0.2, 0.25) is 0 Å². The quantitative estimate of drug-likeness (QED) is 0.166. The molecule has 0 radical (unpaired) electrons. The first-order valence-electron chi connectivity index (χ1n) is 14.5. The van der Waals surface area contributed by atoms with Crippen LogP contribution in [0.4, 0.5) is 0 Å². The maximum Gasteiger partial charge on any atom is 0.307 e. The van der Waals surface area contributed by atoms with Crippen molar-refractivity contribution >= 4 is 52.4 Å². The Morgan fingerprint density at radius 1 is 1.02 bits per heavy atom. The number of nitrogens with zero attached hydrogens (tertiary/aromatic N) is 2. The predicted molar refractivity (Wildman–Crippen MR) is 180 cm³/mol. The SMILES string of the molecule is CCC(CSC(CCc1ccccc1C(C)(C)N(C)C)c1cccc(/C=C/c2ccc3ccc(Cl)cc3n2)c1)C(=O)O. The molecule has 4 nitrogen and oxygen atoms in total. The van der Waals surface area contributed by atoms with E-state index in [4.69, 9.17) is 16.6 Å². The molecule has 0 saturated carbocycles. The normalized spacial score (nSPS) is 13.6. The number of hydrogen-bond acceptors (Lipinski definition) is 4. The minimum Gasteiger partial charge on any atom is -0.481 e. The van der Waals surface area contributed by atoms with Gasteiger partial charge < -0.3 is 10.0 Å². The monoisotopic (exact) mass is 600 g/mol. The number of aryl methyl sites for hydroxylation is 1. The molecule has 0 aliphatic rings. The molecule has 0 bridgehead atoms. The Kier molecular flexibility index (Phi) is 10.9. The number of aromatic nitrogens is 1. The molecule has 6 heteroatoms. The Morgan fingerprint density at radius 3 is 2.52 bits per heavy atom. The van der Waals surface area contributed by atoms with Gasteiger partial charge in [0.15, 0.2) is 0 Å². The molecule has 4 aromatic rings. The van der Waals surface area contributed by atoms with Gasteiger partial charge in [0, 0.05) is 27.0 Å². The van der Waals surface area contributed by atoms with Crippen molar-refractivity contribution in [2.45, 2.75) is 50.8 Å². The second-order valence-corrected chi connectivity index (χ2v) is 13.2. The van der Waals surface area contributed by atoms with E-state index in [2.05, 4.69) is 93.5 Å². The van der Waals surface area contributed by atoms with Gasteiger partial charge >= 0.3 is 5.97 Å². The number of carboxylic acid groups (broad SMARTS) is 1. The smallest absolute Gasteiger partial charge is 0.307 e. The topological polar surface area (TPSA) is 53.4 Å². The molecule has 1 N–H and O–H groups in total. The zero-order valence-electron chi connectivity index (χ0n) is 25.2. The largest absolute Gasteiger partial charge is 0.481 e. The Balaban J connectivity index is 1.59. The van der Waals surface area contributed by atoms with Crippen LogP contribution in [0.3, 0.4) is 0 Å². The van der Waals surface area contributed by atoms with Gasteiger partial charge in [0.05, 0.1) is 17.1 Å². The van der Waals surface area contributed by atoms with Crippen molar-refractivity contribution in [3.63, 3.8) is 0 Å². The van der Waals surface area contributed by atoms with Crippen molar-refractivity contribution in [3.05, 3.63) is 112 Å². The van der Waals surface area contributed by atoms with Gasteiger partial charge in [-0.05, 0) is 93.7 Å². The number of thioether (sulfide) groups is 1. The maximum atomic E-state index is 11.8. The molecular weight excluding hydrogens is 560 g/mol. The van der Waals surface area contributed by atoms with Crippen LogP contribution >= 0.6 is 23.4 Å². The van der Waals surface area contributed by atoms with Gasteiger partial charge in [-0.2, -0.15) is 11.8 Å². The molecule has 0 fully saturated rings. The predicted octanol–water partition coefficient (Wildman–Crippen LogP) is 9.37. The molecule has 0 amide bonds. The highest BCUT2D eigenvalue weighted by atomic mass is 35.5. The van der Waals surface area contributed by atoms with Gasteiger partial charge in [0.25, 0.3) is 0 Å². The Morgan fingerprint density at radius 2 is 1.79 bits per heavy atom. The number of rotatable bonds is 13. The summed E-state index contributed by atoms with van der Waals surface area (Å²) in [5.74, 6) is -0.485. The van der Waals surface area contributed by atoms with Crippen molar-refractivity contribution in [2.24, 2.45) is 5.92 Å². The van der Waals surface area contributed by atoms with E-state index in [-0.39, 0.29) is 16.7 Å². The lowest BCUT2D eigenvalue weighted by atomic mass is 9.87. The average molecular weight is 601 g/mol. The molecule has 1 heterocycles. The van der Waals surface area contributed by atoms with Crippen molar-refractivity contribution < 1.29 is 9.90 Å². The molecule has 4 rings (SSSR count). The zero-order valence-corrected chi connectivity index (χ0v) is 26.8. The van der Waals surface area contributed by atoms with Crippen LogP contribution in [0, 0.1) is 5.92 Å². The number of carbonyl (C=O) groups is 1. The van der Waals surface area contributed by atoms with E-state index in [1.807, 2.05) is 37.3 Å². The minimum atomic E-state index is -0.720. The number of aliphatic carboxylic acids is 1. The molecule has 0 spiro atoms. The highest BCUT2D eigenvalue weighted by Gasteiger charge is 2.26.